The molecule has 7 nitrogen and oxygen atoms in total. The molecule has 0 unspecified atom stereocenters. The van der Waals surface area contributed by atoms with Crippen molar-refractivity contribution in [1.82, 2.24) is 0 Å². The third kappa shape index (κ3) is 3.83. The van der Waals surface area contributed by atoms with Crippen molar-refractivity contribution in [2.24, 2.45) is 0 Å². The number of aryl methyl sites for hydroxylation is 2. The standard InChI is InChI=1S/C19H21N3O4/c1-13-3-5-17(14(2)11-13)20-19(23)16-12-15(22(24)25)4-6-18(16)21-7-9-26-10-8-21/h3-6,11-12H,7-10H2,1-2H3,(H,20,23). The zero-order valence-electron chi connectivity index (χ0n) is 14.8. The van der Waals surface area contributed by atoms with Crippen LogP contribution in [0.1, 0.15) is 21.5 Å². The summed E-state index contributed by atoms with van der Waals surface area (Å²) in [5, 5.41) is 14.0. The Bertz CT molecular complexity index is 845. The van der Waals surface area contributed by atoms with Crippen LogP contribution in [0, 0.1) is 24.0 Å². The molecule has 0 aliphatic carbocycles. The van der Waals surface area contributed by atoms with Gasteiger partial charge in [-0.3, -0.25) is 14.9 Å². The van der Waals surface area contributed by atoms with Gasteiger partial charge in [-0.2, -0.15) is 0 Å². The highest BCUT2D eigenvalue weighted by molar-refractivity contribution is 6.09. The van der Waals surface area contributed by atoms with Crippen LogP contribution in [0.2, 0.25) is 0 Å². The molecule has 26 heavy (non-hydrogen) atoms. The average molecular weight is 355 g/mol. The van der Waals surface area contributed by atoms with E-state index in [0.29, 0.717) is 43.2 Å². The molecule has 2 aromatic carbocycles. The maximum Gasteiger partial charge on any atom is 0.270 e. The molecular weight excluding hydrogens is 334 g/mol. The third-order valence-electron chi connectivity index (χ3n) is 4.42. The van der Waals surface area contributed by atoms with Crippen molar-refractivity contribution in [2.45, 2.75) is 13.8 Å². The van der Waals surface area contributed by atoms with Gasteiger partial charge in [0.1, 0.15) is 0 Å². The zero-order chi connectivity index (χ0) is 18.7. The van der Waals surface area contributed by atoms with Gasteiger partial charge in [0.05, 0.1) is 29.4 Å². The number of carbonyl (C=O) groups is 1. The lowest BCUT2D eigenvalue weighted by Gasteiger charge is -2.30. The van der Waals surface area contributed by atoms with Crippen LogP contribution in [-0.2, 0) is 4.74 Å². The molecule has 2 aromatic rings. The monoisotopic (exact) mass is 355 g/mol. The number of anilines is 2. The van der Waals surface area contributed by atoms with Crippen molar-refractivity contribution in [3.05, 3.63) is 63.2 Å². The fourth-order valence-corrected chi connectivity index (χ4v) is 3.04. The number of morpholine rings is 1. The first-order chi connectivity index (χ1) is 12.5. The summed E-state index contributed by atoms with van der Waals surface area (Å²) >= 11 is 0. The summed E-state index contributed by atoms with van der Waals surface area (Å²) in [5.41, 5.74) is 3.61. The van der Waals surface area contributed by atoms with E-state index in [0.717, 1.165) is 11.1 Å². The van der Waals surface area contributed by atoms with Crippen molar-refractivity contribution >= 4 is 23.0 Å². The van der Waals surface area contributed by atoms with E-state index >= 15 is 0 Å². The Labute approximate surface area is 151 Å². The van der Waals surface area contributed by atoms with Gasteiger partial charge >= 0.3 is 0 Å². The Balaban J connectivity index is 1.95. The first-order valence-electron chi connectivity index (χ1n) is 8.45. The van der Waals surface area contributed by atoms with Crippen LogP contribution in [0.25, 0.3) is 0 Å². The quantitative estimate of drug-likeness (QED) is 0.672. The highest BCUT2D eigenvalue weighted by Gasteiger charge is 2.22. The molecule has 0 radical (unpaired) electrons. The summed E-state index contributed by atoms with van der Waals surface area (Å²) in [5.74, 6) is -0.359. The molecule has 1 aliphatic heterocycles. The van der Waals surface area contributed by atoms with Gasteiger partial charge < -0.3 is 15.0 Å². The summed E-state index contributed by atoms with van der Waals surface area (Å²) in [4.78, 5) is 25.6. The molecule has 0 spiro atoms. The SMILES string of the molecule is Cc1ccc(NC(=O)c2cc([N+](=O)[O-])ccc2N2CCOCC2)c(C)c1. The lowest BCUT2D eigenvalue weighted by molar-refractivity contribution is -0.384. The van der Waals surface area contributed by atoms with Crippen molar-refractivity contribution < 1.29 is 14.5 Å². The number of nitro benzene ring substituents is 1. The fourth-order valence-electron chi connectivity index (χ4n) is 3.04. The summed E-state index contributed by atoms with van der Waals surface area (Å²) in [6.45, 7) is 6.31. The normalized spacial score (nSPS) is 14.2. The predicted molar refractivity (Wildman–Crippen MR) is 100.0 cm³/mol. The van der Waals surface area contributed by atoms with Gasteiger partial charge in [-0.15, -0.1) is 0 Å². The first-order valence-corrected chi connectivity index (χ1v) is 8.45. The smallest absolute Gasteiger partial charge is 0.270 e. The van der Waals surface area contributed by atoms with E-state index < -0.39 is 4.92 Å². The van der Waals surface area contributed by atoms with Gasteiger partial charge in [-0.1, -0.05) is 17.7 Å². The highest BCUT2D eigenvalue weighted by Crippen LogP contribution is 2.28. The van der Waals surface area contributed by atoms with Gasteiger partial charge in [0.25, 0.3) is 11.6 Å². The number of nitro groups is 1. The van der Waals surface area contributed by atoms with E-state index in [4.69, 9.17) is 4.74 Å². The fraction of sp³-hybridized carbons (Fsp3) is 0.316. The Kier molecular flexibility index (Phi) is 5.18. The summed E-state index contributed by atoms with van der Waals surface area (Å²) in [7, 11) is 0. The summed E-state index contributed by atoms with van der Waals surface area (Å²) in [6, 6.07) is 10.1. The Morgan fingerprint density at radius 1 is 1.15 bits per heavy atom. The second kappa shape index (κ2) is 7.53. The first kappa shape index (κ1) is 17.9. The van der Waals surface area contributed by atoms with Crippen molar-refractivity contribution in [2.75, 3.05) is 36.5 Å². The Morgan fingerprint density at radius 2 is 1.88 bits per heavy atom. The molecule has 0 aromatic heterocycles. The minimum Gasteiger partial charge on any atom is -0.378 e. The maximum absolute atomic E-state index is 12.9. The van der Waals surface area contributed by atoms with E-state index in [2.05, 4.69) is 5.32 Å². The van der Waals surface area contributed by atoms with Crippen LogP contribution in [-0.4, -0.2) is 37.1 Å². The predicted octanol–water partition coefficient (Wildman–Crippen LogP) is 3.30. The molecule has 3 rings (SSSR count). The zero-order valence-corrected chi connectivity index (χ0v) is 14.8. The largest absolute Gasteiger partial charge is 0.378 e. The topological polar surface area (TPSA) is 84.7 Å². The second-order valence-electron chi connectivity index (χ2n) is 6.33. The van der Waals surface area contributed by atoms with Crippen LogP contribution in [0.4, 0.5) is 17.1 Å². The minimum atomic E-state index is -0.489. The number of benzene rings is 2. The van der Waals surface area contributed by atoms with Crippen molar-refractivity contribution in [3.63, 3.8) is 0 Å². The van der Waals surface area contributed by atoms with Crippen LogP contribution in [0.3, 0.4) is 0 Å². The Hall–Kier alpha value is -2.93. The number of carbonyl (C=O) groups excluding carboxylic acids is 1. The number of nitrogens with zero attached hydrogens (tertiary/aromatic N) is 2. The molecule has 1 amide bonds. The van der Waals surface area contributed by atoms with Crippen LogP contribution in [0.5, 0.6) is 0 Å². The molecule has 1 saturated heterocycles. The van der Waals surface area contributed by atoms with Gasteiger partial charge in [0.2, 0.25) is 0 Å². The van der Waals surface area contributed by atoms with Crippen LogP contribution in [0.15, 0.2) is 36.4 Å². The number of rotatable bonds is 4. The van der Waals surface area contributed by atoms with E-state index in [1.165, 1.54) is 12.1 Å². The van der Waals surface area contributed by atoms with Gasteiger partial charge in [0.15, 0.2) is 0 Å². The molecule has 0 bridgehead atoms. The molecule has 1 aliphatic rings. The van der Waals surface area contributed by atoms with Gasteiger partial charge in [0, 0.05) is 30.9 Å². The van der Waals surface area contributed by atoms with Crippen LogP contribution >= 0.6 is 0 Å². The molecule has 7 heteroatoms. The van der Waals surface area contributed by atoms with Gasteiger partial charge in [-0.25, -0.2) is 0 Å². The molecule has 136 valence electrons. The van der Waals surface area contributed by atoms with Crippen LogP contribution < -0.4 is 10.2 Å². The van der Waals surface area contributed by atoms with Gasteiger partial charge in [-0.05, 0) is 31.5 Å². The van der Waals surface area contributed by atoms with E-state index in [1.54, 1.807) is 6.07 Å². The highest BCUT2D eigenvalue weighted by atomic mass is 16.6. The summed E-state index contributed by atoms with van der Waals surface area (Å²) in [6.07, 6.45) is 0. The molecular formula is C19H21N3O4. The number of nitrogens with one attached hydrogen (secondary N) is 1. The summed E-state index contributed by atoms with van der Waals surface area (Å²) < 4.78 is 5.36. The second-order valence-corrected chi connectivity index (χ2v) is 6.33. The molecule has 1 heterocycles. The lowest BCUT2D eigenvalue weighted by Crippen LogP contribution is -2.37. The van der Waals surface area contributed by atoms with E-state index in [-0.39, 0.29) is 11.6 Å². The van der Waals surface area contributed by atoms with E-state index in [9.17, 15) is 14.9 Å². The number of ether oxygens (including phenoxy) is 1. The molecule has 0 atom stereocenters. The maximum atomic E-state index is 12.9. The number of amides is 1. The molecule has 1 N–H and O–H groups in total. The lowest BCUT2D eigenvalue weighted by atomic mass is 10.1. The number of hydrogen-bond acceptors (Lipinski definition) is 5. The average Bonchev–Trinajstić information content (AvgIpc) is 2.64. The third-order valence-corrected chi connectivity index (χ3v) is 4.42. The van der Waals surface area contributed by atoms with Crippen molar-refractivity contribution in [1.29, 1.82) is 0 Å². The van der Waals surface area contributed by atoms with Crippen molar-refractivity contribution in [3.8, 4) is 0 Å². The van der Waals surface area contributed by atoms with E-state index in [1.807, 2.05) is 36.9 Å². The molecule has 0 saturated carbocycles. The molecule has 1 fully saturated rings. The number of non-ortho nitro benzene ring substituents is 1. The number of hydrogen-bond donors (Lipinski definition) is 1. The minimum absolute atomic E-state index is 0.104. The Morgan fingerprint density at radius 3 is 2.54 bits per heavy atom.